The molecule has 1 atom stereocenters. The smallest absolute Gasteiger partial charge is 0.325 e. The summed E-state index contributed by atoms with van der Waals surface area (Å²) in [4.78, 5) is 39.1. The van der Waals surface area contributed by atoms with Gasteiger partial charge in [-0.15, -0.1) is 11.8 Å². The van der Waals surface area contributed by atoms with Crippen molar-refractivity contribution in [3.63, 3.8) is 0 Å². The number of thioether (sulfide) groups is 1. The second kappa shape index (κ2) is 9.56. The Morgan fingerprint density at radius 1 is 1.21 bits per heavy atom. The van der Waals surface area contributed by atoms with Gasteiger partial charge in [-0.25, -0.2) is 4.39 Å². The molecule has 0 aliphatic carbocycles. The number of nitrogens with one attached hydrogen (secondary N) is 1. The van der Waals surface area contributed by atoms with Crippen LogP contribution in [-0.2, 0) is 14.3 Å². The quantitative estimate of drug-likeness (QED) is 0.759. The first-order chi connectivity index (χ1) is 13.9. The molecule has 1 aliphatic rings. The minimum Gasteiger partial charge on any atom is -0.454 e. The van der Waals surface area contributed by atoms with E-state index >= 15 is 0 Å². The number of hydrogen-bond acceptors (Lipinski definition) is 5. The summed E-state index contributed by atoms with van der Waals surface area (Å²) in [6, 6.07) is 12.8. The Morgan fingerprint density at radius 2 is 2.00 bits per heavy atom. The molecule has 0 radical (unpaired) electrons. The predicted molar refractivity (Wildman–Crippen MR) is 108 cm³/mol. The molecule has 3 rings (SSSR count). The molecular weight excluding hydrogens is 395 g/mol. The zero-order chi connectivity index (χ0) is 20.8. The lowest BCUT2D eigenvalue weighted by molar-refractivity contribution is -0.146. The van der Waals surface area contributed by atoms with Gasteiger partial charge >= 0.3 is 5.97 Å². The molecule has 1 heterocycles. The maximum absolute atomic E-state index is 13.2. The Bertz CT molecular complexity index is 921. The minimum absolute atomic E-state index is 0.0988. The molecule has 1 aliphatic heterocycles. The third-order valence-corrected chi connectivity index (χ3v) is 5.62. The minimum atomic E-state index is -0.742. The van der Waals surface area contributed by atoms with Crippen molar-refractivity contribution in [3.05, 3.63) is 59.9 Å². The Kier molecular flexibility index (Phi) is 6.87. The summed E-state index contributed by atoms with van der Waals surface area (Å²) in [5, 5.41) is 2.72. The predicted octanol–water partition coefficient (Wildman–Crippen LogP) is 3.02. The third-order valence-electron chi connectivity index (χ3n) is 4.38. The first-order valence-electron chi connectivity index (χ1n) is 9.19. The fraction of sp³-hybridized carbons (Fsp3) is 0.286. The van der Waals surface area contributed by atoms with Gasteiger partial charge in [0.15, 0.2) is 6.61 Å². The maximum atomic E-state index is 13.2. The van der Waals surface area contributed by atoms with Gasteiger partial charge in [0.25, 0.3) is 11.8 Å². The summed E-state index contributed by atoms with van der Waals surface area (Å²) in [5.41, 5.74) is 0.906. The van der Waals surface area contributed by atoms with Crippen LogP contribution in [0.1, 0.15) is 23.7 Å². The van der Waals surface area contributed by atoms with Crippen molar-refractivity contribution in [2.75, 3.05) is 24.6 Å². The number of rotatable bonds is 5. The van der Waals surface area contributed by atoms with Crippen molar-refractivity contribution in [2.45, 2.75) is 23.5 Å². The molecule has 0 fully saturated rings. The molecular formula is C21H21FN2O4S. The van der Waals surface area contributed by atoms with Crippen LogP contribution in [0.15, 0.2) is 53.4 Å². The molecule has 0 aromatic heterocycles. The number of para-hydroxylation sites is 1. The molecule has 6 nitrogen and oxygen atoms in total. The first kappa shape index (κ1) is 20.9. The Balaban J connectivity index is 1.52. The molecule has 29 heavy (non-hydrogen) atoms. The van der Waals surface area contributed by atoms with Gasteiger partial charge in [0.05, 0.1) is 5.69 Å². The zero-order valence-electron chi connectivity index (χ0n) is 15.9. The molecule has 0 spiro atoms. The zero-order valence-corrected chi connectivity index (χ0v) is 16.7. The van der Waals surface area contributed by atoms with Crippen LogP contribution in [0.4, 0.5) is 10.1 Å². The largest absolute Gasteiger partial charge is 0.454 e. The van der Waals surface area contributed by atoms with Gasteiger partial charge in [0.1, 0.15) is 12.4 Å². The van der Waals surface area contributed by atoms with Gasteiger partial charge in [0, 0.05) is 22.3 Å². The van der Waals surface area contributed by atoms with Crippen LogP contribution in [0.5, 0.6) is 0 Å². The van der Waals surface area contributed by atoms with Crippen LogP contribution in [0.2, 0.25) is 0 Å². The number of fused-ring (bicyclic) bond motifs is 1. The number of ether oxygens (including phenoxy) is 1. The molecule has 0 bridgehead atoms. The van der Waals surface area contributed by atoms with Crippen LogP contribution in [-0.4, -0.2) is 42.7 Å². The topological polar surface area (TPSA) is 75.7 Å². The van der Waals surface area contributed by atoms with Gasteiger partial charge in [-0.1, -0.05) is 25.1 Å². The van der Waals surface area contributed by atoms with E-state index in [4.69, 9.17) is 4.74 Å². The van der Waals surface area contributed by atoms with Crippen LogP contribution < -0.4 is 10.2 Å². The number of nitrogens with zero attached hydrogens (tertiary/aromatic N) is 1. The summed E-state index contributed by atoms with van der Waals surface area (Å²) < 4.78 is 18.2. The summed E-state index contributed by atoms with van der Waals surface area (Å²) in [5.74, 6) is -2.21. The van der Waals surface area contributed by atoms with E-state index < -0.39 is 30.8 Å². The highest BCUT2D eigenvalue weighted by Gasteiger charge is 2.24. The fourth-order valence-electron chi connectivity index (χ4n) is 2.90. The molecule has 8 heteroatoms. The van der Waals surface area contributed by atoms with Gasteiger partial charge < -0.3 is 15.0 Å². The van der Waals surface area contributed by atoms with Crippen molar-refractivity contribution in [1.29, 1.82) is 0 Å². The van der Waals surface area contributed by atoms with Crippen molar-refractivity contribution >= 4 is 35.2 Å². The second-order valence-corrected chi connectivity index (χ2v) is 8.06. The molecule has 2 amide bonds. The Hall–Kier alpha value is -2.87. The number of amides is 2. The highest BCUT2D eigenvalue weighted by atomic mass is 32.2. The second-order valence-electron chi connectivity index (χ2n) is 6.58. The van der Waals surface area contributed by atoms with E-state index in [0.717, 1.165) is 23.1 Å². The lowest BCUT2D eigenvalue weighted by atomic mass is 10.2. The third kappa shape index (κ3) is 5.57. The normalized spacial score (nSPS) is 15.8. The highest BCUT2D eigenvalue weighted by molar-refractivity contribution is 8.00. The number of halogens is 1. The van der Waals surface area contributed by atoms with Gasteiger partial charge in [0.2, 0.25) is 0 Å². The van der Waals surface area contributed by atoms with E-state index in [2.05, 4.69) is 12.2 Å². The lowest BCUT2D eigenvalue weighted by Crippen LogP contribution is -2.37. The van der Waals surface area contributed by atoms with Gasteiger partial charge in [-0.3, -0.25) is 14.4 Å². The number of benzene rings is 2. The number of esters is 1. The van der Waals surface area contributed by atoms with Crippen LogP contribution in [0.3, 0.4) is 0 Å². The summed E-state index contributed by atoms with van der Waals surface area (Å²) >= 11 is 1.71. The molecule has 2 aromatic carbocycles. The lowest BCUT2D eigenvalue weighted by Gasteiger charge is -2.22. The van der Waals surface area contributed by atoms with Crippen LogP contribution in [0, 0.1) is 5.82 Å². The van der Waals surface area contributed by atoms with E-state index in [1.807, 2.05) is 24.3 Å². The van der Waals surface area contributed by atoms with Gasteiger partial charge in [-0.05, 0) is 36.8 Å². The van der Waals surface area contributed by atoms with Crippen molar-refractivity contribution in [1.82, 2.24) is 5.32 Å². The van der Waals surface area contributed by atoms with E-state index in [1.165, 1.54) is 18.2 Å². The number of hydrogen-bond donors (Lipinski definition) is 1. The van der Waals surface area contributed by atoms with Gasteiger partial charge in [-0.2, -0.15) is 0 Å². The average Bonchev–Trinajstić information content (AvgIpc) is 2.88. The molecule has 2 aromatic rings. The number of anilines is 1. The van der Waals surface area contributed by atoms with Crippen LogP contribution >= 0.6 is 11.8 Å². The fourth-order valence-corrected chi connectivity index (χ4v) is 4.01. The van der Waals surface area contributed by atoms with Crippen molar-refractivity contribution in [2.24, 2.45) is 0 Å². The van der Waals surface area contributed by atoms with Crippen molar-refractivity contribution in [3.8, 4) is 0 Å². The first-order valence-corrected chi connectivity index (χ1v) is 10.1. The summed E-state index contributed by atoms with van der Waals surface area (Å²) in [6.45, 7) is 1.82. The van der Waals surface area contributed by atoms with E-state index in [-0.39, 0.29) is 11.5 Å². The molecule has 0 unspecified atom stereocenters. The summed E-state index contributed by atoms with van der Waals surface area (Å²) in [7, 11) is 0. The molecule has 0 saturated carbocycles. The highest BCUT2D eigenvalue weighted by Crippen LogP contribution is 2.37. The van der Waals surface area contributed by atoms with E-state index in [1.54, 1.807) is 16.7 Å². The number of carbonyl (C=O) groups is 3. The standard InChI is InChI=1S/C21H21FN2O4S/c1-14-9-10-24(17-7-2-3-8-18(17)29-14)19(25)13-28-20(26)12-23-21(27)15-5-4-6-16(22)11-15/h2-8,11,14H,9-10,12-13H2,1H3,(H,23,27)/t14-/m1/s1. The molecule has 1 N–H and O–H groups in total. The molecule has 0 saturated heterocycles. The van der Waals surface area contributed by atoms with Crippen molar-refractivity contribution < 1.29 is 23.5 Å². The number of carbonyl (C=O) groups excluding carboxylic acids is 3. The molecule has 152 valence electrons. The Morgan fingerprint density at radius 3 is 2.79 bits per heavy atom. The monoisotopic (exact) mass is 416 g/mol. The summed E-state index contributed by atoms with van der Waals surface area (Å²) in [6.07, 6.45) is 0.822. The van der Waals surface area contributed by atoms with E-state index in [9.17, 15) is 18.8 Å². The average molecular weight is 416 g/mol. The SMILES string of the molecule is C[C@@H]1CCN(C(=O)COC(=O)CNC(=O)c2cccc(F)c2)c2ccccc2S1. The van der Waals surface area contributed by atoms with E-state index in [0.29, 0.717) is 11.8 Å². The Labute approximate surface area is 172 Å². The maximum Gasteiger partial charge on any atom is 0.325 e. The van der Waals surface area contributed by atoms with Crippen LogP contribution in [0.25, 0.3) is 0 Å².